The number of carbonyl (C=O) groups is 2. The van der Waals surface area contributed by atoms with E-state index in [1.165, 1.54) is 36.8 Å². The molecule has 0 aromatic heterocycles. The summed E-state index contributed by atoms with van der Waals surface area (Å²) in [5, 5.41) is 0. The minimum atomic E-state index is -0.283. The molecule has 0 radical (unpaired) electrons. The van der Waals surface area contributed by atoms with Gasteiger partial charge in [-0.1, -0.05) is 23.3 Å². The molecule has 2 aliphatic carbocycles. The first-order valence-electron chi connectivity index (χ1n) is 9.68. The molecule has 2 atom stereocenters. The Morgan fingerprint density at radius 2 is 1.21 bits per heavy atom. The molecule has 4 heteroatoms. The van der Waals surface area contributed by atoms with Crippen LogP contribution in [-0.4, -0.2) is 47.8 Å². The molecule has 4 rings (SSSR count). The van der Waals surface area contributed by atoms with E-state index in [1.807, 2.05) is 0 Å². The van der Waals surface area contributed by atoms with Gasteiger partial charge in [-0.3, -0.25) is 9.59 Å². The van der Waals surface area contributed by atoms with E-state index in [0.717, 1.165) is 38.8 Å². The number of hydrogen-bond acceptors (Lipinski definition) is 2. The van der Waals surface area contributed by atoms with Crippen LogP contribution >= 0.6 is 0 Å². The maximum Gasteiger partial charge on any atom is 0.312 e. The lowest BCUT2D eigenvalue weighted by atomic mass is 9.82. The predicted molar refractivity (Wildman–Crippen MR) is 93.2 cm³/mol. The summed E-state index contributed by atoms with van der Waals surface area (Å²) in [7, 11) is 0. The van der Waals surface area contributed by atoms with Crippen LogP contribution in [0.25, 0.3) is 0 Å². The molecule has 0 N–H and O–H groups in total. The molecule has 0 saturated carbocycles. The van der Waals surface area contributed by atoms with Crippen LogP contribution in [0.1, 0.15) is 51.4 Å². The van der Waals surface area contributed by atoms with Crippen molar-refractivity contribution in [1.29, 1.82) is 0 Å². The monoisotopic (exact) mass is 328 g/mol. The van der Waals surface area contributed by atoms with Crippen molar-refractivity contribution in [3.63, 3.8) is 0 Å². The van der Waals surface area contributed by atoms with Crippen molar-refractivity contribution in [1.82, 2.24) is 9.80 Å². The highest BCUT2D eigenvalue weighted by Gasteiger charge is 2.35. The van der Waals surface area contributed by atoms with Gasteiger partial charge in [-0.25, -0.2) is 0 Å². The van der Waals surface area contributed by atoms with E-state index in [1.54, 1.807) is 9.80 Å². The van der Waals surface area contributed by atoms with Gasteiger partial charge in [-0.2, -0.15) is 0 Å². The summed E-state index contributed by atoms with van der Waals surface area (Å²) in [5.74, 6) is 0.742. The van der Waals surface area contributed by atoms with Crippen LogP contribution in [0, 0.1) is 11.8 Å². The van der Waals surface area contributed by atoms with E-state index in [0.29, 0.717) is 24.9 Å². The second kappa shape index (κ2) is 6.73. The number of nitrogens with zero attached hydrogens (tertiary/aromatic N) is 2. The van der Waals surface area contributed by atoms with E-state index in [4.69, 9.17) is 0 Å². The Hall–Kier alpha value is -1.58. The Balaban J connectivity index is 1.40. The maximum absolute atomic E-state index is 12.7. The number of hydrogen-bond donors (Lipinski definition) is 0. The third-order valence-electron chi connectivity index (χ3n) is 6.37. The van der Waals surface area contributed by atoms with E-state index >= 15 is 0 Å². The van der Waals surface area contributed by atoms with Crippen molar-refractivity contribution in [2.75, 3.05) is 26.2 Å². The SMILES string of the molecule is O=C(C(=O)N1CCC2CCCC=C2C1)N1CCC2CCCC=C2C1. The molecule has 2 fully saturated rings. The maximum atomic E-state index is 12.7. The Labute approximate surface area is 144 Å². The standard InChI is InChI=1S/C20H28N2O2/c23-19(21-11-9-15-5-1-3-7-17(15)13-21)20(24)22-12-10-16-6-2-4-8-18(16)14-22/h7-8,15-16H,1-6,9-14H2. The number of fused-ring (bicyclic) bond motifs is 2. The van der Waals surface area contributed by atoms with Gasteiger partial charge in [0.25, 0.3) is 0 Å². The smallest absolute Gasteiger partial charge is 0.312 e. The van der Waals surface area contributed by atoms with Gasteiger partial charge >= 0.3 is 11.8 Å². The molecule has 0 spiro atoms. The average Bonchev–Trinajstić information content (AvgIpc) is 2.66. The fourth-order valence-corrected chi connectivity index (χ4v) is 4.89. The van der Waals surface area contributed by atoms with Gasteiger partial charge in [0.2, 0.25) is 0 Å². The van der Waals surface area contributed by atoms with Crippen molar-refractivity contribution >= 4 is 11.8 Å². The van der Waals surface area contributed by atoms with Crippen LogP contribution in [0.5, 0.6) is 0 Å². The molecule has 4 nitrogen and oxygen atoms in total. The first-order valence-corrected chi connectivity index (χ1v) is 9.68. The van der Waals surface area contributed by atoms with E-state index < -0.39 is 0 Å². The van der Waals surface area contributed by atoms with Gasteiger partial charge < -0.3 is 9.80 Å². The number of amides is 2. The topological polar surface area (TPSA) is 40.6 Å². The lowest BCUT2D eigenvalue weighted by molar-refractivity contribution is -0.152. The summed E-state index contributed by atoms with van der Waals surface area (Å²) in [6, 6.07) is 0. The highest BCUT2D eigenvalue weighted by molar-refractivity contribution is 6.35. The second-order valence-electron chi connectivity index (χ2n) is 7.84. The van der Waals surface area contributed by atoms with Crippen LogP contribution in [0.4, 0.5) is 0 Å². The van der Waals surface area contributed by atoms with Crippen molar-refractivity contribution in [3.8, 4) is 0 Å². The molecule has 130 valence electrons. The van der Waals surface area contributed by atoms with E-state index in [2.05, 4.69) is 12.2 Å². The normalized spacial score (nSPS) is 30.0. The Morgan fingerprint density at radius 3 is 1.67 bits per heavy atom. The van der Waals surface area contributed by atoms with Crippen LogP contribution in [0.15, 0.2) is 23.3 Å². The van der Waals surface area contributed by atoms with Gasteiger partial charge in [-0.15, -0.1) is 0 Å². The summed E-state index contributed by atoms with van der Waals surface area (Å²) in [4.78, 5) is 29.0. The van der Waals surface area contributed by atoms with E-state index in [9.17, 15) is 9.59 Å². The van der Waals surface area contributed by atoms with Crippen LogP contribution in [0.3, 0.4) is 0 Å². The van der Waals surface area contributed by atoms with Gasteiger partial charge in [-0.05, 0) is 63.2 Å². The van der Waals surface area contributed by atoms with Gasteiger partial charge in [0.1, 0.15) is 0 Å². The quantitative estimate of drug-likeness (QED) is 0.507. The summed E-state index contributed by atoms with van der Waals surface area (Å²) in [5.41, 5.74) is 2.78. The van der Waals surface area contributed by atoms with Crippen molar-refractivity contribution in [2.45, 2.75) is 51.4 Å². The summed E-state index contributed by atoms with van der Waals surface area (Å²) in [6.07, 6.45) is 14.0. The second-order valence-corrected chi connectivity index (χ2v) is 7.84. The zero-order valence-corrected chi connectivity index (χ0v) is 14.5. The summed E-state index contributed by atoms with van der Waals surface area (Å²) < 4.78 is 0. The molecule has 4 aliphatic rings. The molecular formula is C20H28N2O2. The zero-order valence-electron chi connectivity index (χ0n) is 14.5. The highest BCUT2D eigenvalue weighted by Crippen LogP contribution is 2.33. The molecule has 0 aromatic rings. The molecule has 2 unspecified atom stereocenters. The summed E-state index contributed by atoms with van der Waals surface area (Å²) >= 11 is 0. The van der Waals surface area contributed by atoms with Crippen molar-refractivity contribution in [2.24, 2.45) is 11.8 Å². The van der Waals surface area contributed by atoms with Crippen LogP contribution in [0.2, 0.25) is 0 Å². The van der Waals surface area contributed by atoms with E-state index in [-0.39, 0.29) is 11.8 Å². The fourth-order valence-electron chi connectivity index (χ4n) is 4.89. The lowest BCUT2D eigenvalue weighted by Crippen LogP contribution is -2.51. The van der Waals surface area contributed by atoms with Crippen molar-refractivity contribution in [3.05, 3.63) is 23.3 Å². The molecule has 2 saturated heterocycles. The Morgan fingerprint density at radius 1 is 0.750 bits per heavy atom. The molecular weight excluding hydrogens is 300 g/mol. The van der Waals surface area contributed by atoms with Gasteiger partial charge in [0, 0.05) is 26.2 Å². The average molecular weight is 328 g/mol. The molecule has 2 amide bonds. The minimum Gasteiger partial charge on any atom is -0.330 e. The summed E-state index contributed by atoms with van der Waals surface area (Å²) in [6.45, 7) is 2.83. The fraction of sp³-hybridized carbons (Fsp3) is 0.700. The molecule has 0 bridgehead atoms. The number of piperidine rings is 2. The predicted octanol–water partition coefficient (Wildman–Crippen LogP) is 2.90. The number of likely N-dealkylation sites (tertiary alicyclic amines) is 2. The number of allylic oxidation sites excluding steroid dienone is 2. The zero-order chi connectivity index (χ0) is 16.5. The Bertz CT molecular complexity index is 540. The van der Waals surface area contributed by atoms with Crippen LogP contribution < -0.4 is 0 Å². The minimum absolute atomic E-state index is 0.283. The molecule has 24 heavy (non-hydrogen) atoms. The first-order chi connectivity index (χ1) is 11.7. The lowest BCUT2D eigenvalue weighted by Gasteiger charge is -2.39. The van der Waals surface area contributed by atoms with Gasteiger partial charge in [0.05, 0.1) is 0 Å². The number of carbonyl (C=O) groups excluding carboxylic acids is 2. The Kier molecular flexibility index (Phi) is 4.47. The van der Waals surface area contributed by atoms with Crippen molar-refractivity contribution < 1.29 is 9.59 Å². The molecule has 2 heterocycles. The van der Waals surface area contributed by atoms with Crippen LogP contribution in [-0.2, 0) is 9.59 Å². The number of rotatable bonds is 0. The third-order valence-corrected chi connectivity index (χ3v) is 6.37. The molecule has 0 aromatic carbocycles. The highest BCUT2D eigenvalue weighted by atomic mass is 16.2. The van der Waals surface area contributed by atoms with Gasteiger partial charge in [0.15, 0.2) is 0 Å². The third kappa shape index (κ3) is 3.03. The first kappa shape index (κ1) is 15.9. The molecule has 2 aliphatic heterocycles. The largest absolute Gasteiger partial charge is 0.330 e.